The number of nitrogens with one attached hydrogen (secondary N) is 2. The Morgan fingerprint density at radius 1 is 1.07 bits per heavy atom. The first-order valence-corrected chi connectivity index (χ1v) is 15.0. The van der Waals surface area contributed by atoms with E-state index in [1.807, 2.05) is 0 Å². The summed E-state index contributed by atoms with van der Waals surface area (Å²) < 4.78 is 64.1. The fourth-order valence-corrected chi connectivity index (χ4v) is 5.96. The van der Waals surface area contributed by atoms with E-state index in [1.165, 1.54) is 19.2 Å². The number of nitrogens with zero attached hydrogens (tertiary/aromatic N) is 3. The van der Waals surface area contributed by atoms with Crippen molar-refractivity contribution in [3.63, 3.8) is 0 Å². The van der Waals surface area contributed by atoms with E-state index in [1.54, 1.807) is 30.2 Å². The van der Waals surface area contributed by atoms with Crippen molar-refractivity contribution in [1.29, 1.82) is 0 Å². The summed E-state index contributed by atoms with van der Waals surface area (Å²) in [7, 11) is 3.16. The monoisotopic (exact) mass is 623 g/mol. The second kappa shape index (κ2) is 14.7. The number of alkyl halides is 3. The minimum atomic E-state index is -4.73. The molecule has 0 bridgehead atoms. The van der Waals surface area contributed by atoms with Crippen molar-refractivity contribution in [2.45, 2.75) is 75.3 Å². The number of hydrogen-bond donors (Lipinski definition) is 2. The number of rotatable bonds is 10. The van der Waals surface area contributed by atoms with Crippen LogP contribution in [-0.4, -0.2) is 98.5 Å². The molecule has 4 atom stereocenters. The zero-order chi connectivity index (χ0) is 31.1. The molecule has 11 nitrogen and oxygen atoms in total. The molecule has 1 amide bonds. The molecule has 5 rings (SSSR count). The van der Waals surface area contributed by atoms with Gasteiger partial charge in [-0.2, -0.15) is 9.97 Å². The van der Waals surface area contributed by atoms with Crippen molar-refractivity contribution < 1.29 is 41.7 Å². The number of amides is 1. The summed E-state index contributed by atoms with van der Waals surface area (Å²) in [5.74, 6) is -0.00390. The Morgan fingerprint density at radius 3 is 2.55 bits per heavy atom. The van der Waals surface area contributed by atoms with Gasteiger partial charge >= 0.3 is 12.4 Å². The van der Waals surface area contributed by atoms with Gasteiger partial charge in [0.2, 0.25) is 0 Å². The van der Waals surface area contributed by atoms with Crippen molar-refractivity contribution in [1.82, 2.24) is 20.2 Å². The maximum Gasteiger partial charge on any atom is 0.573 e. The van der Waals surface area contributed by atoms with Gasteiger partial charge in [-0.3, -0.25) is 4.79 Å². The summed E-state index contributed by atoms with van der Waals surface area (Å²) >= 11 is 0. The van der Waals surface area contributed by atoms with Crippen LogP contribution in [0.15, 0.2) is 30.3 Å². The number of ether oxygens (including phenoxy) is 5. The third-order valence-corrected chi connectivity index (χ3v) is 8.29. The summed E-state index contributed by atoms with van der Waals surface area (Å²) in [6.45, 7) is 2.93. The highest BCUT2D eigenvalue weighted by atomic mass is 19.4. The predicted molar refractivity (Wildman–Crippen MR) is 154 cm³/mol. The van der Waals surface area contributed by atoms with E-state index < -0.39 is 6.36 Å². The molecule has 0 spiro atoms. The molecule has 0 saturated carbocycles. The SMILES string of the molecule is COc1nc(NC[C@H]2CCC[C@@H](c3ccc(OC(F)(F)F)cc3)O2)cc(C(=O)N2CCC(N[C@H]3CCOC[C@H]3OC)CC2)n1. The van der Waals surface area contributed by atoms with Crippen LogP contribution in [-0.2, 0) is 14.2 Å². The number of hydrogen-bond acceptors (Lipinski definition) is 10. The van der Waals surface area contributed by atoms with Crippen LogP contribution in [0.25, 0.3) is 0 Å². The molecule has 3 fully saturated rings. The van der Waals surface area contributed by atoms with E-state index in [9.17, 15) is 18.0 Å². The fraction of sp³-hybridized carbons (Fsp3) is 0.633. The topological polar surface area (TPSA) is 116 Å². The molecule has 0 radical (unpaired) electrons. The van der Waals surface area contributed by atoms with E-state index in [4.69, 9.17) is 18.9 Å². The average Bonchev–Trinajstić information content (AvgIpc) is 3.03. The first-order valence-electron chi connectivity index (χ1n) is 15.0. The van der Waals surface area contributed by atoms with Crippen LogP contribution < -0.4 is 20.1 Å². The van der Waals surface area contributed by atoms with Crippen molar-refractivity contribution in [2.24, 2.45) is 0 Å². The molecule has 14 heteroatoms. The Kier molecular flexibility index (Phi) is 10.8. The highest BCUT2D eigenvalue weighted by Crippen LogP contribution is 2.33. The van der Waals surface area contributed by atoms with E-state index in [0.717, 1.165) is 44.1 Å². The van der Waals surface area contributed by atoms with Crippen LogP contribution in [0.5, 0.6) is 11.8 Å². The molecule has 0 aliphatic carbocycles. The Balaban J connectivity index is 1.14. The molecular weight excluding hydrogens is 583 g/mol. The summed E-state index contributed by atoms with van der Waals surface area (Å²) in [5.41, 5.74) is 1.03. The highest BCUT2D eigenvalue weighted by molar-refractivity contribution is 5.93. The molecule has 242 valence electrons. The average molecular weight is 624 g/mol. The van der Waals surface area contributed by atoms with Gasteiger partial charge in [-0.25, -0.2) is 0 Å². The number of piperidine rings is 1. The van der Waals surface area contributed by atoms with Gasteiger partial charge in [-0.1, -0.05) is 12.1 Å². The predicted octanol–water partition coefficient (Wildman–Crippen LogP) is 4.10. The van der Waals surface area contributed by atoms with Gasteiger partial charge < -0.3 is 39.2 Å². The molecule has 1 aromatic carbocycles. The van der Waals surface area contributed by atoms with E-state index in [0.29, 0.717) is 44.7 Å². The summed E-state index contributed by atoms with van der Waals surface area (Å²) in [6, 6.07) is 8.02. The Morgan fingerprint density at radius 2 is 1.84 bits per heavy atom. The lowest BCUT2D eigenvalue weighted by molar-refractivity contribution is -0.274. The van der Waals surface area contributed by atoms with Gasteiger partial charge in [0.15, 0.2) is 0 Å². The molecular formula is C30H40F3N5O6. The van der Waals surface area contributed by atoms with Gasteiger partial charge in [0.1, 0.15) is 17.3 Å². The molecule has 3 saturated heterocycles. The molecule has 3 aliphatic rings. The molecule has 1 aromatic heterocycles. The Hall–Kier alpha value is -3.20. The number of benzene rings is 1. The molecule has 4 heterocycles. The molecule has 44 heavy (non-hydrogen) atoms. The first kappa shape index (κ1) is 32.2. The lowest BCUT2D eigenvalue weighted by Crippen LogP contribution is -2.54. The van der Waals surface area contributed by atoms with Crippen molar-refractivity contribution in [2.75, 3.05) is 52.4 Å². The number of anilines is 1. The van der Waals surface area contributed by atoms with Crippen LogP contribution in [0.1, 0.15) is 60.7 Å². The molecule has 0 unspecified atom stereocenters. The zero-order valence-corrected chi connectivity index (χ0v) is 25.0. The number of aromatic nitrogens is 2. The van der Waals surface area contributed by atoms with Crippen LogP contribution in [0.3, 0.4) is 0 Å². The van der Waals surface area contributed by atoms with E-state index >= 15 is 0 Å². The highest BCUT2D eigenvalue weighted by Gasteiger charge is 2.32. The van der Waals surface area contributed by atoms with Crippen LogP contribution in [0.4, 0.5) is 19.0 Å². The number of likely N-dealkylation sites (tertiary alicyclic amines) is 1. The van der Waals surface area contributed by atoms with Crippen molar-refractivity contribution >= 4 is 11.7 Å². The number of carbonyl (C=O) groups excluding carboxylic acids is 1. The standard InChI is InChI=1S/C30H40F3N5O6/c1-40-26-18-42-15-12-23(26)35-20-10-13-38(14-11-20)28(39)24-16-27(37-29(36-24)41-2)34-17-22-4-3-5-25(43-22)19-6-8-21(9-7-19)44-30(31,32)33/h6-9,16,20,22-23,25-26,35H,3-5,10-15,17-18H2,1-2H3,(H,34,36,37)/t22-,23+,25+,26-/m1/s1. The largest absolute Gasteiger partial charge is 0.573 e. The summed E-state index contributed by atoms with van der Waals surface area (Å²) in [6.07, 6.45) is -0.136. The minimum Gasteiger partial charge on any atom is -0.467 e. The van der Waals surface area contributed by atoms with Crippen LogP contribution in [0, 0.1) is 0 Å². The molecule has 3 aliphatic heterocycles. The van der Waals surface area contributed by atoms with Crippen molar-refractivity contribution in [3.05, 3.63) is 41.6 Å². The van der Waals surface area contributed by atoms with E-state index in [2.05, 4.69) is 25.3 Å². The van der Waals surface area contributed by atoms with Gasteiger partial charge in [0.05, 0.1) is 32.0 Å². The number of methoxy groups -OCH3 is 2. The van der Waals surface area contributed by atoms with Gasteiger partial charge in [0, 0.05) is 51.5 Å². The normalized spacial score (nSPS) is 25.0. The lowest BCUT2D eigenvalue weighted by Gasteiger charge is -2.38. The maximum absolute atomic E-state index is 13.4. The summed E-state index contributed by atoms with van der Waals surface area (Å²) in [5, 5.41) is 6.95. The van der Waals surface area contributed by atoms with Crippen LogP contribution in [0.2, 0.25) is 0 Å². The first-order chi connectivity index (χ1) is 21.2. The molecule has 2 aromatic rings. The zero-order valence-electron chi connectivity index (χ0n) is 25.0. The van der Waals surface area contributed by atoms with Gasteiger partial charge in [0.25, 0.3) is 5.91 Å². The Bertz CT molecular complexity index is 1230. The number of carbonyl (C=O) groups is 1. The second-order valence-corrected chi connectivity index (χ2v) is 11.3. The smallest absolute Gasteiger partial charge is 0.467 e. The lowest BCUT2D eigenvalue weighted by atomic mass is 9.98. The second-order valence-electron chi connectivity index (χ2n) is 11.3. The van der Waals surface area contributed by atoms with Gasteiger partial charge in [-0.15, -0.1) is 13.2 Å². The minimum absolute atomic E-state index is 0.0287. The third-order valence-electron chi connectivity index (χ3n) is 8.29. The maximum atomic E-state index is 13.4. The fourth-order valence-electron chi connectivity index (χ4n) is 5.96. The molecule has 2 N–H and O–H groups in total. The van der Waals surface area contributed by atoms with Crippen molar-refractivity contribution in [3.8, 4) is 11.8 Å². The van der Waals surface area contributed by atoms with Gasteiger partial charge in [-0.05, 0) is 56.2 Å². The number of halogens is 3. The van der Waals surface area contributed by atoms with Crippen LogP contribution >= 0.6 is 0 Å². The third kappa shape index (κ3) is 8.71. The van der Waals surface area contributed by atoms with E-state index in [-0.39, 0.29) is 47.7 Å². The quantitative estimate of drug-likeness (QED) is 0.401. The Labute approximate surface area is 254 Å². The summed E-state index contributed by atoms with van der Waals surface area (Å²) in [4.78, 5) is 23.9.